The molecule has 6 heteroatoms. The second-order valence-electron chi connectivity index (χ2n) is 4.51. The number of nitrogens with zero attached hydrogens (tertiary/aromatic N) is 2. The summed E-state index contributed by atoms with van der Waals surface area (Å²) in [6.07, 6.45) is 1.12. The summed E-state index contributed by atoms with van der Waals surface area (Å²) in [7, 11) is 1.72. The number of methoxy groups -OCH3 is 1. The second kappa shape index (κ2) is 9.38. The van der Waals surface area contributed by atoms with Crippen LogP contribution in [0.1, 0.15) is 36.8 Å². The van der Waals surface area contributed by atoms with Crippen molar-refractivity contribution in [2.75, 3.05) is 33.4 Å². The molecule has 5 nitrogen and oxygen atoms in total. The Morgan fingerprint density at radius 2 is 2.00 bits per heavy atom. The highest BCUT2D eigenvalue weighted by molar-refractivity contribution is 7.05. The van der Waals surface area contributed by atoms with Gasteiger partial charge in [0.25, 0.3) is 0 Å². The molecule has 1 aromatic heterocycles. The minimum Gasteiger partial charge on any atom is -0.383 e. The van der Waals surface area contributed by atoms with Gasteiger partial charge in [-0.05, 0) is 37.0 Å². The van der Waals surface area contributed by atoms with Crippen molar-refractivity contribution in [1.29, 1.82) is 0 Å². The Kier molecular flexibility index (Phi) is 8.08. The normalized spacial score (nSPS) is 11.3. The first kappa shape index (κ1) is 15.5. The maximum atomic E-state index is 4.96. The SMILES string of the molecule is COCCNCCCNCc1snnc1C(C)C. The summed E-state index contributed by atoms with van der Waals surface area (Å²) >= 11 is 1.50. The number of ether oxygens (including phenoxy) is 1. The van der Waals surface area contributed by atoms with E-state index in [4.69, 9.17) is 4.74 Å². The summed E-state index contributed by atoms with van der Waals surface area (Å²) in [6.45, 7) is 8.91. The predicted octanol–water partition coefficient (Wildman–Crippen LogP) is 1.38. The van der Waals surface area contributed by atoms with E-state index in [1.54, 1.807) is 7.11 Å². The predicted molar refractivity (Wildman–Crippen MR) is 75.1 cm³/mol. The van der Waals surface area contributed by atoms with Crippen LogP contribution in [0.3, 0.4) is 0 Å². The van der Waals surface area contributed by atoms with Crippen LogP contribution in [-0.2, 0) is 11.3 Å². The lowest BCUT2D eigenvalue weighted by molar-refractivity contribution is 0.199. The molecule has 0 atom stereocenters. The summed E-state index contributed by atoms with van der Waals surface area (Å²) in [5.74, 6) is 0.455. The van der Waals surface area contributed by atoms with Gasteiger partial charge in [0, 0.05) is 20.2 Å². The molecule has 0 spiro atoms. The highest BCUT2D eigenvalue weighted by atomic mass is 32.1. The largest absolute Gasteiger partial charge is 0.383 e. The van der Waals surface area contributed by atoms with Crippen molar-refractivity contribution in [3.63, 3.8) is 0 Å². The first-order chi connectivity index (χ1) is 8.75. The molecule has 0 bridgehead atoms. The number of hydrogen-bond acceptors (Lipinski definition) is 6. The highest BCUT2D eigenvalue weighted by Gasteiger charge is 2.10. The van der Waals surface area contributed by atoms with Gasteiger partial charge in [0.05, 0.1) is 17.2 Å². The van der Waals surface area contributed by atoms with Gasteiger partial charge in [-0.3, -0.25) is 0 Å². The first-order valence-electron chi connectivity index (χ1n) is 6.47. The molecule has 18 heavy (non-hydrogen) atoms. The Balaban J connectivity index is 2.05. The molecule has 104 valence electrons. The Bertz CT molecular complexity index is 317. The summed E-state index contributed by atoms with van der Waals surface area (Å²) in [6, 6.07) is 0. The Hall–Kier alpha value is -0.560. The van der Waals surface area contributed by atoms with E-state index in [-0.39, 0.29) is 0 Å². The fourth-order valence-corrected chi connectivity index (χ4v) is 2.38. The molecule has 0 aliphatic carbocycles. The molecule has 0 fully saturated rings. The molecule has 0 aliphatic heterocycles. The van der Waals surface area contributed by atoms with Crippen LogP contribution in [0.2, 0.25) is 0 Å². The summed E-state index contributed by atoms with van der Waals surface area (Å²) in [5.41, 5.74) is 1.13. The van der Waals surface area contributed by atoms with Crippen LogP contribution < -0.4 is 10.6 Å². The lowest BCUT2D eigenvalue weighted by atomic mass is 10.1. The third-order valence-electron chi connectivity index (χ3n) is 2.61. The van der Waals surface area contributed by atoms with E-state index >= 15 is 0 Å². The molecule has 1 heterocycles. The molecule has 1 rings (SSSR count). The van der Waals surface area contributed by atoms with Gasteiger partial charge in [0.1, 0.15) is 0 Å². The fraction of sp³-hybridized carbons (Fsp3) is 0.833. The van der Waals surface area contributed by atoms with Crippen LogP contribution >= 0.6 is 11.5 Å². The summed E-state index contributed by atoms with van der Waals surface area (Å²) in [4.78, 5) is 1.26. The molecule has 0 saturated carbocycles. The minimum absolute atomic E-state index is 0.455. The van der Waals surface area contributed by atoms with Gasteiger partial charge >= 0.3 is 0 Å². The van der Waals surface area contributed by atoms with Crippen molar-refractivity contribution in [2.24, 2.45) is 0 Å². The van der Waals surface area contributed by atoms with Crippen LogP contribution in [-0.4, -0.2) is 42.9 Å². The molecule has 0 unspecified atom stereocenters. The molecule has 0 saturated heterocycles. The zero-order chi connectivity index (χ0) is 13.2. The second-order valence-corrected chi connectivity index (χ2v) is 5.35. The zero-order valence-corrected chi connectivity index (χ0v) is 12.3. The molecular formula is C12H24N4OS. The van der Waals surface area contributed by atoms with E-state index in [1.165, 1.54) is 16.4 Å². The van der Waals surface area contributed by atoms with E-state index in [2.05, 4.69) is 34.1 Å². The van der Waals surface area contributed by atoms with Crippen molar-refractivity contribution in [2.45, 2.75) is 32.7 Å². The number of aromatic nitrogens is 2. The third kappa shape index (κ3) is 5.86. The molecule has 0 aliphatic rings. The number of nitrogens with one attached hydrogen (secondary N) is 2. The van der Waals surface area contributed by atoms with E-state index in [9.17, 15) is 0 Å². The van der Waals surface area contributed by atoms with Gasteiger partial charge in [-0.25, -0.2) is 0 Å². The molecule has 0 radical (unpaired) electrons. The van der Waals surface area contributed by atoms with E-state index in [0.717, 1.165) is 44.9 Å². The lowest BCUT2D eigenvalue weighted by Crippen LogP contribution is -2.24. The maximum absolute atomic E-state index is 4.96. The van der Waals surface area contributed by atoms with Crippen molar-refractivity contribution in [3.05, 3.63) is 10.6 Å². The molecule has 1 aromatic rings. The van der Waals surface area contributed by atoms with Crippen molar-refractivity contribution < 1.29 is 4.74 Å². The van der Waals surface area contributed by atoms with Gasteiger partial charge in [-0.15, -0.1) is 5.10 Å². The Morgan fingerprint density at radius 1 is 1.22 bits per heavy atom. The van der Waals surface area contributed by atoms with Crippen molar-refractivity contribution in [1.82, 2.24) is 20.2 Å². The van der Waals surface area contributed by atoms with E-state index in [0.29, 0.717) is 5.92 Å². The average Bonchev–Trinajstić information content (AvgIpc) is 2.81. The van der Waals surface area contributed by atoms with Gasteiger partial charge < -0.3 is 15.4 Å². The van der Waals surface area contributed by atoms with Gasteiger partial charge in [-0.1, -0.05) is 18.3 Å². The Labute approximate surface area is 113 Å². The van der Waals surface area contributed by atoms with Gasteiger partial charge in [0.15, 0.2) is 0 Å². The van der Waals surface area contributed by atoms with Crippen LogP contribution in [0.4, 0.5) is 0 Å². The van der Waals surface area contributed by atoms with Crippen LogP contribution in [0.5, 0.6) is 0 Å². The lowest BCUT2D eigenvalue weighted by Gasteiger charge is -2.07. The molecule has 0 amide bonds. The van der Waals surface area contributed by atoms with E-state index < -0.39 is 0 Å². The van der Waals surface area contributed by atoms with Gasteiger partial charge in [-0.2, -0.15) is 0 Å². The standard InChI is InChI=1S/C12H24N4OS/c1-10(2)12-11(18-16-15-12)9-14-6-4-5-13-7-8-17-3/h10,13-14H,4-9H2,1-3H3. The third-order valence-corrected chi connectivity index (χ3v) is 3.34. The Morgan fingerprint density at radius 3 is 2.72 bits per heavy atom. The summed E-state index contributed by atoms with van der Waals surface area (Å²) in [5, 5.41) is 10.9. The number of rotatable bonds is 10. The quantitative estimate of drug-likeness (QED) is 0.630. The number of hydrogen-bond donors (Lipinski definition) is 2. The van der Waals surface area contributed by atoms with Crippen molar-refractivity contribution in [3.8, 4) is 0 Å². The first-order valence-corrected chi connectivity index (χ1v) is 7.24. The summed E-state index contributed by atoms with van der Waals surface area (Å²) < 4.78 is 8.98. The topological polar surface area (TPSA) is 59.1 Å². The zero-order valence-electron chi connectivity index (χ0n) is 11.5. The van der Waals surface area contributed by atoms with Crippen LogP contribution in [0.15, 0.2) is 0 Å². The minimum atomic E-state index is 0.455. The molecular weight excluding hydrogens is 248 g/mol. The fourth-order valence-electron chi connectivity index (χ4n) is 1.62. The van der Waals surface area contributed by atoms with Gasteiger partial charge in [0.2, 0.25) is 0 Å². The highest BCUT2D eigenvalue weighted by Crippen LogP contribution is 2.19. The average molecular weight is 272 g/mol. The van der Waals surface area contributed by atoms with Crippen LogP contribution in [0, 0.1) is 0 Å². The van der Waals surface area contributed by atoms with Crippen molar-refractivity contribution >= 4 is 11.5 Å². The maximum Gasteiger partial charge on any atom is 0.0826 e. The monoisotopic (exact) mass is 272 g/mol. The van der Waals surface area contributed by atoms with Crippen LogP contribution in [0.25, 0.3) is 0 Å². The smallest absolute Gasteiger partial charge is 0.0826 e. The van der Waals surface area contributed by atoms with E-state index in [1.807, 2.05) is 0 Å². The molecule has 0 aromatic carbocycles. The molecule has 2 N–H and O–H groups in total.